The lowest BCUT2D eigenvalue weighted by Crippen LogP contribution is -2.38. The lowest BCUT2D eigenvalue weighted by molar-refractivity contribution is 0.180. The zero-order valence-corrected chi connectivity index (χ0v) is 13.3. The number of hydrogen-bond donors (Lipinski definition) is 1. The van der Waals surface area contributed by atoms with Crippen LogP contribution in [0.4, 0.5) is 10.1 Å². The first-order valence-electron chi connectivity index (χ1n) is 8.46. The van der Waals surface area contributed by atoms with Gasteiger partial charge < -0.3 is 5.32 Å². The molecule has 2 aliphatic carbocycles. The predicted octanol–water partition coefficient (Wildman–Crippen LogP) is 6.03. The van der Waals surface area contributed by atoms with Crippen molar-refractivity contribution in [2.24, 2.45) is 11.8 Å². The highest BCUT2D eigenvalue weighted by Crippen LogP contribution is 2.40. The Morgan fingerprint density at radius 2 is 1.67 bits per heavy atom. The van der Waals surface area contributed by atoms with E-state index >= 15 is 0 Å². The smallest absolute Gasteiger partial charge is 0.147 e. The van der Waals surface area contributed by atoms with Gasteiger partial charge in [-0.1, -0.05) is 62.6 Å². The minimum absolute atomic E-state index is 0.226. The molecule has 2 unspecified atom stereocenters. The Hall–Kier alpha value is -0.760. The maximum Gasteiger partial charge on any atom is 0.147 e. The molecular weight excluding hydrogens is 285 g/mol. The maximum atomic E-state index is 14.0. The fraction of sp³-hybridized carbons (Fsp3) is 0.667. The summed E-state index contributed by atoms with van der Waals surface area (Å²) < 4.78 is 14.0. The zero-order chi connectivity index (χ0) is 14.7. The number of anilines is 1. The van der Waals surface area contributed by atoms with Crippen LogP contribution in [0.1, 0.15) is 57.8 Å². The van der Waals surface area contributed by atoms with Gasteiger partial charge in [-0.2, -0.15) is 0 Å². The summed E-state index contributed by atoms with van der Waals surface area (Å²) in [6.07, 6.45) is 11.8. The van der Waals surface area contributed by atoms with E-state index in [0.717, 1.165) is 12.3 Å². The summed E-state index contributed by atoms with van der Waals surface area (Å²) in [5.41, 5.74) is 0.506. The van der Waals surface area contributed by atoms with Crippen molar-refractivity contribution in [3.05, 3.63) is 29.0 Å². The molecule has 1 nitrogen and oxygen atoms in total. The fourth-order valence-electron chi connectivity index (χ4n) is 4.29. The molecule has 2 aliphatic rings. The summed E-state index contributed by atoms with van der Waals surface area (Å²) in [6, 6.07) is 5.32. The maximum absolute atomic E-state index is 14.0. The number of halogens is 2. The summed E-state index contributed by atoms with van der Waals surface area (Å²) in [6.45, 7) is 0. The standard InChI is InChI=1S/C18H25ClFN/c19-15-10-6-11-16(20)18(15)21-17-12-5-4-9-14(17)13-7-2-1-3-8-13/h6,10-11,13-14,17,21H,1-5,7-9,12H2. The second kappa shape index (κ2) is 7.00. The van der Waals surface area contributed by atoms with Crippen molar-refractivity contribution in [3.8, 4) is 0 Å². The monoisotopic (exact) mass is 309 g/mol. The molecule has 21 heavy (non-hydrogen) atoms. The van der Waals surface area contributed by atoms with Gasteiger partial charge in [-0.25, -0.2) is 4.39 Å². The van der Waals surface area contributed by atoms with Gasteiger partial charge >= 0.3 is 0 Å². The summed E-state index contributed by atoms with van der Waals surface area (Å²) >= 11 is 6.18. The van der Waals surface area contributed by atoms with Crippen LogP contribution in [0.5, 0.6) is 0 Å². The Morgan fingerprint density at radius 1 is 0.952 bits per heavy atom. The molecule has 1 aromatic carbocycles. The zero-order valence-electron chi connectivity index (χ0n) is 12.6. The summed E-state index contributed by atoms with van der Waals surface area (Å²) in [4.78, 5) is 0. The van der Waals surface area contributed by atoms with Crippen LogP contribution in [0.25, 0.3) is 0 Å². The van der Waals surface area contributed by atoms with Crippen LogP contribution in [-0.4, -0.2) is 6.04 Å². The molecule has 0 spiro atoms. The molecule has 1 N–H and O–H groups in total. The van der Waals surface area contributed by atoms with E-state index in [4.69, 9.17) is 11.6 Å². The summed E-state index contributed by atoms with van der Waals surface area (Å²) in [5.74, 6) is 1.28. The van der Waals surface area contributed by atoms with E-state index in [2.05, 4.69) is 5.32 Å². The van der Waals surface area contributed by atoms with Gasteiger partial charge in [-0.05, 0) is 36.8 Å². The first-order chi connectivity index (χ1) is 10.3. The average Bonchev–Trinajstić information content (AvgIpc) is 2.52. The lowest BCUT2D eigenvalue weighted by Gasteiger charge is -2.40. The molecular formula is C18H25ClFN. The van der Waals surface area contributed by atoms with Crippen molar-refractivity contribution < 1.29 is 4.39 Å². The molecule has 116 valence electrons. The Morgan fingerprint density at radius 3 is 2.43 bits per heavy atom. The SMILES string of the molecule is Fc1cccc(Cl)c1NC1CCCCC1C1CCCCC1. The van der Waals surface area contributed by atoms with E-state index in [1.54, 1.807) is 12.1 Å². The Balaban J connectivity index is 1.74. The highest BCUT2D eigenvalue weighted by Gasteiger charge is 2.33. The van der Waals surface area contributed by atoms with Crippen molar-refractivity contribution in [3.63, 3.8) is 0 Å². The summed E-state index contributed by atoms with van der Waals surface area (Å²) in [5, 5.41) is 3.96. The van der Waals surface area contributed by atoms with Crippen molar-refractivity contribution in [1.82, 2.24) is 0 Å². The number of rotatable bonds is 3. The highest BCUT2D eigenvalue weighted by atomic mass is 35.5. The first-order valence-corrected chi connectivity index (χ1v) is 8.84. The molecule has 0 radical (unpaired) electrons. The van der Waals surface area contributed by atoms with Crippen molar-refractivity contribution >= 4 is 17.3 Å². The quantitative estimate of drug-likeness (QED) is 0.718. The Kier molecular flexibility index (Phi) is 5.05. The van der Waals surface area contributed by atoms with Gasteiger partial charge in [0.15, 0.2) is 0 Å². The molecule has 0 saturated heterocycles. The van der Waals surface area contributed by atoms with Crippen LogP contribution < -0.4 is 5.32 Å². The van der Waals surface area contributed by atoms with E-state index in [0.29, 0.717) is 22.7 Å². The largest absolute Gasteiger partial charge is 0.378 e. The van der Waals surface area contributed by atoms with Crippen molar-refractivity contribution in [1.29, 1.82) is 0 Å². The van der Waals surface area contributed by atoms with E-state index in [1.165, 1.54) is 57.4 Å². The van der Waals surface area contributed by atoms with Gasteiger partial charge in [-0.15, -0.1) is 0 Å². The van der Waals surface area contributed by atoms with E-state index < -0.39 is 0 Å². The third-order valence-electron chi connectivity index (χ3n) is 5.37. The Labute approximate surface area is 132 Å². The predicted molar refractivity (Wildman–Crippen MR) is 87.4 cm³/mol. The average molecular weight is 310 g/mol. The third-order valence-corrected chi connectivity index (χ3v) is 5.68. The topological polar surface area (TPSA) is 12.0 Å². The van der Waals surface area contributed by atoms with Gasteiger partial charge in [0.05, 0.1) is 10.7 Å². The molecule has 2 atom stereocenters. The molecule has 0 heterocycles. The number of hydrogen-bond acceptors (Lipinski definition) is 1. The third kappa shape index (κ3) is 3.53. The van der Waals surface area contributed by atoms with Crippen molar-refractivity contribution in [2.45, 2.75) is 63.8 Å². The van der Waals surface area contributed by atoms with Crippen LogP contribution in [0.3, 0.4) is 0 Å². The molecule has 1 aromatic rings. The van der Waals surface area contributed by atoms with Crippen LogP contribution >= 0.6 is 11.6 Å². The first kappa shape index (κ1) is 15.1. The molecule has 2 saturated carbocycles. The molecule has 2 fully saturated rings. The van der Waals surface area contributed by atoms with Gasteiger partial charge in [-0.3, -0.25) is 0 Å². The molecule has 0 bridgehead atoms. The highest BCUT2D eigenvalue weighted by molar-refractivity contribution is 6.33. The van der Waals surface area contributed by atoms with Crippen LogP contribution in [0, 0.1) is 17.7 Å². The molecule has 3 heteroatoms. The van der Waals surface area contributed by atoms with Crippen LogP contribution in [-0.2, 0) is 0 Å². The minimum atomic E-state index is -0.226. The minimum Gasteiger partial charge on any atom is -0.378 e. The lowest BCUT2D eigenvalue weighted by atomic mass is 9.71. The second-order valence-corrected chi connectivity index (χ2v) is 7.10. The number of para-hydroxylation sites is 1. The molecule has 0 aromatic heterocycles. The van der Waals surface area contributed by atoms with E-state index in [-0.39, 0.29) is 5.82 Å². The van der Waals surface area contributed by atoms with Crippen molar-refractivity contribution in [2.75, 3.05) is 5.32 Å². The molecule has 0 amide bonds. The Bertz CT molecular complexity index is 450. The second-order valence-electron chi connectivity index (χ2n) is 6.69. The van der Waals surface area contributed by atoms with Gasteiger partial charge in [0.25, 0.3) is 0 Å². The van der Waals surface area contributed by atoms with Gasteiger partial charge in [0, 0.05) is 6.04 Å². The van der Waals surface area contributed by atoms with Gasteiger partial charge in [0.2, 0.25) is 0 Å². The summed E-state index contributed by atoms with van der Waals surface area (Å²) in [7, 11) is 0. The van der Waals surface area contributed by atoms with E-state index in [9.17, 15) is 4.39 Å². The number of benzene rings is 1. The van der Waals surface area contributed by atoms with Crippen LogP contribution in [0.15, 0.2) is 18.2 Å². The molecule has 0 aliphatic heterocycles. The van der Waals surface area contributed by atoms with E-state index in [1.807, 2.05) is 0 Å². The normalized spacial score (nSPS) is 27.5. The number of nitrogens with one attached hydrogen (secondary N) is 1. The fourth-order valence-corrected chi connectivity index (χ4v) is 4.50. The molecule has 3 rings (SSSR count). The van der Waals surface area contributed by atoms with Gasteiger partial charge in [0.1, 0.15) is 5.82 Å². The van der Waals surface area contributed by atoms with Crippen LogP contribution in [0.2, 0.25) is 5.02 Å².